The molecule has 1 aromatic rings. The van der Waals surface area contributed by atoms with E-state index in [4.69, 9.17) is 0 Å². The zero-order valence-corrected chi connectivity index (χ0v) is 14.5. The van der Waals surface area contributed by atoms with E-state index >= 15 is 0 Å². The van der Waals surface area contributed by atoms with Gasteiger partial charge in [-0.3, -0.25) is 0 Å². The Hall–Kier alpha value is -0.670. The average molecular weight is 354 g/mol. The third-order valence-electron chi connectivity index (χ3n) is 4.14. The molecule has 0 aromatic heterocycles. The van der Waals surface area contributed by atoms with Gasteiger partial charge in [0.05, 0.1) is 0 Å². The van der Waals surface area contributed by atoms with E-state index in [0.29, 0.717) is 12.0 Å². The van der Waals surface area contributed by atoms with Gasteiger partial charge in [0.2, 0.25) is 0 Å². The van der Waals surface area contributed by atoms with Crippen molar-refractivity contribution < 1.29 is 4.39 Å². The van der Waals surface area contributed by atoms with Crippen LogP contribution < -0.4 is 5.32 Å². The molecule has 0 atom stereocenters. The normalized spacial score (nSPS) is 17.5. The molecule has 1 aromatic carbocycles. The van der Waals surface area contributed by atoms with Crippen molar-refractivity contribution in [2.75, 3.05) is 6.54 Å². The van der Waals surface area contributed by atoms with Crippen LogP contribution in [-0.2, 0) is 0 Å². The van der Waals surface area contributed by atoms with Crippen LogP contribution in [0.3, 0.4) is 0 Å². The van der Waals surface area contributed by atoms with Gasteiger partial charge in [-0.1, -0.05) is 60.7 Å². The highest BCUT2D eigenvalue weighted by Gasteiger charge is 2.18. The maximum absolute atomic E-state index is 13.5. The number of benzene rings is 1. The van der Waals surface area contributed by atoms with Gasteiger partial charge in [-0.25, -0.2) is 4.39 Å². The van der Waals surface area contributed by atoms with Crippen molar-refractivity contribution in [3.63, 3.8) is 0 Å². The summed E-state index contributed by atoms with van der Waals surface area (Å²) in [5, 5.41) is 3.52. The van der Waals surface area contributed by atoms with Crippen LogP contribution in [0.4, 0.5) is 4.39 Å². The molecule has 3 heteroatoms. The highest BCUT2D eigenvalue weighted by Crippen LogP contribution is 2.32. The lowest BCUT2D eigenvalue weighted by Gasteiger charge is -2.26. The van der Waals surface area contributed by atoms with Gasteiger partial charge in [-0.05, 0) is 42.5 Å². The van der Waals surface area contributed by atoms with Crippen LogP contribution >= 0.6 is 15.9 Å². The lowest BCUT2D eigenvalue weighted by molar-refractivity contribution is 0.394. The molecule has 1 fully saturated rings. The summed E-state index contributed by atoms with van der Waals surface area (Å²) in [5.41, 5.74) is 2.36. The fourth-order valence-corrected chi connectivity index (χ4v) is 3.29. The van der Waals surface area contributed by atoms with Gasteiger partial charge in [0.1, 0.15) is 5.82 Å². The van der Waals surface area contributed by atoms with Gasteiger partial charge < -0.3 is 5.32 Å². The van der Waals surface area contributed by atoms with Crippen LogP contribution in [-0.4, -0.2) is 12.6 Å². The SMILES string of the molecule is CC(C)NC/C(=C/c1cc(F)ccc1Br)C1CCCCC1. The number of rotatable bonds is 5. The Kier molecular flexibility index (Phi) is 6.43. The van der Waals surface area contributed by atoms with Gasteiger partial charge in [0, 0.05) is 17.1 Å². The van der Waals surface area contributed by atoms with Crippen LogP contribution in [0.15, 0.2) is 28.2 Å². The number of hydrogen-bond acceptors (Lipinski definition) is 1. The van der Waals surface area contributed by atoms with Crippen molar-refractivity contribution in [3.8, 4) is 0 Å². The van der Waals surface area contributed by atoms with Crippen LogP contribution in [0.1, 0.15) is 51.5 Å². The first-order valence-corrected chi connectivity index (χ1v) is 8.74. The van der Waals surface area contributed by atoms with E-state index in [1.165, 1.54) is 43.7 Å². The molecule has 0 saturated heterocycles. The van der Waals surface area contributed by atoms with Gasteiger partial charge in [-0.15, -0.1) is 0 Å². The first-order chi connectivity index (χ1) is 10.1. The largest absolute Gasteiger partial charge is 0.311 e. The lowest BCUT2D eigenvalue weighted by atomic mass is 9.83. The van der Waals surface area contributed by atoms with Crippen molar-refractivity contribution in [2.45, 2.75) is 52.0 Å². The summed E-state index contributed by atoms with van der Waals surface area (Å²) in [6.45, 7) is 5.22. The molecular weight excluding hydrogens is 329 g/mol. The Morgan fingerprint density at radius 1 is 1.33 bits per heavy atom. The van der Waals surface area contributed by atoms with Crippen molar-refractivity contribution in [2.24, 2.45) is 5.92 Å². The minimum absolute atomic E-state index is 0.177. The van der Waals surface area contributed by atoms with Crippen LogP contribution in [0.2, 0.25) is 0 Å². The van der Waals surface area contributed by atoms with Crippen LogP contribution in [0.25, 0.3) is 6.08 Å². The van der Waals surface area contributed by atoms with E-state index in [0.717, 1.165) is 16.6 Å². The third kappa shape index (κ3) is 5.23. The molecule has 0 unspecified atom stereocenters. The predicted molar refractivity (Wildman–Crippen MR) is 91.8 cm³/mol. The molecule has 116 valence electrons. The Morgan fingerprint density at radius 2 is 2.05 bits per heavy atom. The average Bonchev–Trinajstić information content (AvgIpc) is 2.47. The maximum atomic E-state index is 13.5. The molecular formula is C18H25BrFN. The third-order valence-corrected chi connectivity index (χ3v) is 4.87. The minimum atomic E-state index is -0.177. The van der Waals surface area contributed by atoms with E-state index in [1.54, 1.807) is 12.1 Å². The Morgan fingerprint density at radius 3 is 2.71 bits per heavy atom. The molecule has 0 spiro atoms. The fraction of sp³-hybridized carbons (Fsp3) is 0.556. The number of nitrogens with one attached hydrogen (secondary N) is 1. The topological polar surface area (TPSA) is 12.0 Å². The predicted octanol–water partition coefficient (Wildman–Crippen LogP) is 5.55. The molecule has 1 aliphatic rings. The zero-order chi connectivity index (χ0) is 15.2. The Balaban J connectivity index is 2.23. The Bertz CT molecular complexity index is 490. The second-order valence-electron chi connectivity index (χ2n) is 6.26. The second-order valence-corrected chi connectivity index (χ2v) is 7.11. The summed E-state index contributed by atoms with van der Waals surface area (Å²) in [4.78, 5) is 0. The molecule has 1 saturated carbocycles. The zero-order valence-electron chi connectivity index (χ0n) is 13.0. The van der Waals surface area contributed by atoms with E-state index < -0.39 is 0 Å². The Labute approximate surface area is 136 Å². The molecule has 0 bridgehead atoms. The van der Waals surface area contributed by atoms with Crippen molar-refractivity contribution in [1.82, 2.24) is 5.32 Å². The molecule has 0 aliphatic heterocycles. The summed E-state index contributed by atoms with van der Waals surface area (Å²) >= 11 is 3.53. The highest BCUT2D eigenvalue weighted by molar-refractivity contribution is 9.10. The molecule has 1 N–H and O–H groups in total. The van der Waals surface area contributed by atoms with E-state index in [-0.39, 0.29) is 5.82 Å². The van der Waals surface area contributed by atoms with Crippen LogP contribution in [0, 0.1) is 11.7 Å². The minimum Gasteiger partial charge on any atom is -0.311 e. The van der Waals surface area contributed by atoms with Gasteiger partial charge >= 0.3 is 0 Å². The monoisotopic (exact) mass is 353 g/mol. The molecule has 1 aliphatic carbocycles. The summed E-state index contributed by atoms with van der Waals surface area (Å²) in [6.07, 6.45) is 8.68. The quantitative estimate of drug-likeness (QED) is 0.731. The first-order valence-electron chi connectivity index (χ1n) is 7.95. The van der Waals surface area contributed by atoms with E-state index in [1.807, 2.05) is 0 Å². The van der Waals surface area contributed by atoms with Crippen molar-refractivity contribution in [3.05, 3.63) is 39.6 Å². The first kappa shape index (κ1) is 16.7. The standard InChI is InChI=1S/C18H25BrFN/c1-13(2)21-12-16(14-6-4-3-5-7-14)10-15-11-17(20)8-9-18(15)19/h8-11,13-14,21H,3-7,12H2,1-2H3/b16-10-. The summed E-state index contributed by atoms with van der Waals surface area (Å²) in [6, 6.07) is 5.36. The van der Waals surface area contributed by atoms with Crippen LogP contribution in [0.5, 0.6) is 0 Å². The second kappa shape index (κ2) is 8.09. The fourth-order valence-electron chi connectivity index (χ4n) is 2.93. The molecule has 21 heavy (non-hydrogen) atoms. The summed E-state index contributed by atoms with van der Waals surface area (Å²) < 4.78 is 14.4. The summed E-state index contributed by atoms with van der Waals surface area (Å²) in [5.74, 6) is 0.462. The van der Waals surface area contributed by atoms with Gasteiger partial charge in [0.15, 0.2) is 0 Å². The molecule has 2 rings (SSSR count). The number of hydrogen-bond donors (Lipinski definition) is 1. The smallest absolute Gasteiger partial charge is 0.123 e. The van der Waals surface area contributed by atoms with Crippen molar-refractivity contribution >= 4 is 22.0 Å². The van der Waals surface area contributed by atoms with Crippen molar-refractivity contribution in [1.29, 1.82) is 0 Å². The molecule has 0 amide bonds. The maximum Gasteiger partial charge on any atom is 0.123 e. The van der Waals surface area contributed by atoms with Gasteiger partial charge in [0.25, 0.3) is 0 Å². The molecule has 0 radical (unpaired) electrons. The number of halogens is 2. The van der Waals surface area contributed by atoms with Gasteiger partial charge in [-0.2, -0.15) is 0 Å². The van der Waals surface area contributed by atoms with E-state index in [2.05, 4.69) is 41.2 Å². The molecule has 0 heterocycles. The summed E-state index contributed by atoms with van der Waals surface area (Å²) in [7, 11) is 0. The molecule has 1 nitrogen and oxygen atoms in total. The highest BCUT2D eigenvalue weighted by atomic mass is 79.9. The lowest BCUT2D eigenvalue weighted by Crippen LogP contribution is -2.27. The van der Waals surface area contributed by atoms with E-state index in [9.17, 15) is 4.39 Å².